The van der Waals surface area contributed by atoms with Crippen LogP contribution in [0, 0.1) is 6.92 Å². The predicted molar refractivity (Wildman–Crippen MR) is 91.0 cm³/mol. The molecule has 0 saturated carbocycles. The fourth-order valence-corrected chi connectivity index (χ4v) is 3.20. The molecule has 7 nitrogen and oxygen atoms in total. The van der Waals surface area contributed by atoms with Gasteiger partial charge in [0.15, 0.2) is 16.6 Å². The fraction of sp³-hybridized carbons (Fsp3) is 0.312. The maximum absolute atomic E-state index is 5.30. The van der Waals surface area contributed by atoms with Crippen molar-refractivity contribution >= 4 is 28.3 Å². The zero-order valence-corrected chi connectivity index (χ0v) is 14.4. The minimum atomic E-state index is 0.246. The lowest BCUT2D eigenvalue weighted by molar-refractivity contribution is 0.382. The highest BCUT2D eigenvalue weighted by molar-refractivity contribution is 7.98. The number of para-hydroxylation sites is 1. The maximum Gasteiger partial charge on any atom is 0.237 e. The highest BCUT2D eigenvalue weighted by Crippen LogP contribution is 2.26. The zero-order valence-electron chi connectivity index (χ0n) is 13.6. The first-order valence-electron chi connectivity index (χ1n) is 7.69. The van der Waals surface area contributed by atoms with Gasteiger partial charge in [-0.05, 0) is 19.1 Å². The number of aromatic nitrogens is 6. The average Bonchev–Trinajstić information content (AvgIpc) is 3.19. The summed E-state index contributed by atoms with van der Waals surface area (Å²) >= 11 is 1.51. The van der Waals surface area contributed by atoms with E-state index in [1.165, 1.54) is 11.8 Å². The van der Waals surface area contributed by atoms with Crippen LogP contribution >= 0.6 is 11.8 Å². The molecule has 0 atom stereocenters. The Morgan fingerprint density at radius 3 is 2.79 bits per heavy atom. The van der Waals surface area contributed by atoms with E-state index in [-0.39, 0.29) is 5.92 Å². The molecule has 0 spiro atoms. The largest absolute Gasteiger partial charge is 0.338 e. The van der Waals surface area contributed by atoms with Crippen LogP contribution in [-0.2, 0) is 5.75 Å². The SMILES string of the molecule is Cc1nc2c3ccccc3nc(SCc3nc(C(C)C)no3)n2n1. The van der Waals surface area contributed by atoms with Crippen LogP contribution in [0.5, 0.6) is 0 Å². The number of rotatable bonds is 4. The normalized spacial score (nSPS) is 11.8. The lowest BCUT2D eigenvalue weighted by Gasteiger charge is -2.04. The van der Waals surface area contributed by atoms with Crippen LogP contribution in [-0.4, -0.2) is 29.7 Å². The van der Waals surface area contributed by atoms with Crippen LogP contribution in [0.4, 0.5) is 0 Å². The minimum absolute atomic E-state index is 0.246. The van der Waals surface area contributed by atoms with Gasteiger partial charge in [0.1, 0.15) is 5.82 Å². The van der Waals surface area contributed by atoms with Gasteiger partial charge >= 0.3 is 0 Å². The summed E-state index contributed by atoms with van der Waals surface area (Å²) in [6, 6.07) is 7.93. The summed E-state index contributed by atoms with van der Waals surface area (Å²) in [7, 11) is 0. The maximum atomic E-state index is 5.30. The highest BCUT2D eigenvalue weighted by atomic mass is 32.2. The number of benzene rings is 1. The monoisotopic (exact) mass is 340 g/mol. The Morgan fingerprint density at radius 1 is 1.17 bits per heavy atom. The lowest BCUT2D eigenvalue weighted by atomic mass is 10.2. The minimum Gasteiger partial charge on any atom is -0.338 e. The van der Waals surface area contributed by atoms with Crippen molar-refractivity contribution in [1.82, 2.24) is 29.7 Å². The Labute approximate surface area is 142 Å². The summed E-state index contributed by atoms with van der Waals surface area (Å²) in [6.45, 7) is 5.95. The summed E-state index contributed by atoms with van der Waals surface area (Å²) in [5.74, 6) is 2.81. The predicted octanol–water partition coefficient (Wildman–Crippen LogP) is 3.38. The smallest absolute Gasteiger partial charge is 0.237 e. The van der Waals surface area contributed by atoms with E-state index in [1.54, 1.807) is 4.52 Å². The van der Waals surface area contributed by atoms with Gasteiger partial charge < -0.3 is 4.52 Å². The molecular weight excluding hydrogens is 324 g/mol. The number of aryl methyl sites for hydroxylation is 1. The Morgan fingerprint density at radius 2 is 2.00 bits per heavy atom. The van der Waals surface area contributed by atoms with Gasteiger partial charge in [-0.3, -0.25) is 0 Å². The summed E-state index contributed by atoms with van der Waals surface area (Å²) in [4.78, 5) is 13.6. The Kier molecular flexibility index (Phi) is 3.68. The first-order chi connectivity index (χ1) is 11.6. The molecule has 0 amide bonds. The Balaban J connectivity index is 1.71. The van der Waals surface area contributed by atoms with E-state index in [0.717, 1.165) is 33.4 Å². The first-order valence-corrected chi connectivity index (χ1v) is 8.68. The molecule has 3 aromatic heterocycles. The van der Waals surface area contributed by atoms with Crippen molar-refractivity contribution in [3.8, 4) is 0 Å². The molecule has 24 heavy (non-hydrogen) atoms. The molecule has 0 unspecified atom stereocenters. The quantitative estimate of drug-likeness (QED) is 0.416. The van der Waals surface area contributed by atoms with Crippen molar-refractivity contribution in [3.05, 3.63) is 41.8 Å². The van der Waals surface area contributed by atoms with Gasteiger partial charge in [-0.25, -0.2) is 9.97 Å². The molecule has 3 heterocycles. The second-order valence-electron chi connectivity index (χ2n) is 5.80. The molecule has 0 aliphatic carbocycles. The van der Waals surface area contributed by atoms with Crippen LogP contribution < -0.4 is 0 Å². The topological polar surface area (TPSA) is 82.0 Å². The van der Waals surface area contributed by atoms with E-state index in [4.69, 9.17) is 9.51 Å². The third-order valence-electron chi connectivity index (χ3n) is 3.58. The Hall–Kier alpha value is -2.48. The molecule has 0 aliphatic rings. The fourth-order valence-electron chi connectivity index (χ4n) is 2.41. The van der Waals surface area contributed by atoms with Crippen LogP contribution in [0.15, 0.2) is 33.9 Å². The molecule has 0 radical (unpaired) electrons. The van der Waals surface area contributed by atoms with Gasteiger partial charge in [-0.1, -0.05) is 42.9 Å². The van der Waals surface area contributed by atoms with Gasteiger partial charge in [0.2, 0.25) is 5.89 Å². The summed E-state index contributed by atoms with van der Waals surface area (Å²) in [5, 5.41) is 10.2. The molecule has 4 rings (SSSR count). The second-order valence-corrected chi connectivity index (χ2v) is 6.74. The van der Waals surface area contributed by atoms with Gasteiger partial charge in [-0.15, -0.1) is 5.10 Å². The molecule has 0 bridgehead atoms. The zero-order chi connectivity index (χ0) is 16.7. The van der Waals surface area contributed by atoms with E-state index in [2.05, 4.69) is 20.2 Å². The van der Waals surface area contributed by atoms with Crippen molar-refractivity contribution in [1.29, 1.82) is 0 Å². The summed E-state index contributed by atoms with van der Waals surface area (Å²) in [6.07, 6.45) is 0. The van der Waals surface area contributed by atoms with Gasteiger partial charge in [0.25, 0.3) is 0 Å². The molecule has 1 aromatic carbocycles. The number of hydrogen-bond donors (Lipinski definition) is 0. The van der Waals surface area contributed by atoms with E-state index < -0.39 is 0 Å². The molecule has 122 valence electrons. The van der Waals surface area contributed by atoms with Crippen molar-refractivity contribution in [2.75, 3.05) is 0 Å². The van der Waals surface area contributed by atoms with Gasteiger partial charge in [-0.2, -0.15) is 9.50 Å². The number of hydrogen-bond acceptors (Lipinski definition) is 7. The third kappa shape index (κ3) is 2.62. The molecule has 0 N–H and O–H groups in total. The molecular formula is C16H16N6OS. The second kappa shape index (κ2) is 5.86. The molecule has 8 heteroatoms. The van der Waals surface area contributed by atoms with E-state index >= 15 is 0 Å². The molecule has 0 fully saturated rings. The Bertz CT molecular complexity index is 1020. The number of fused-ring (bicyclic) bond motifs is 3. The van der Waals surface area contributed by atoms with E-state index in [1.807, 2.05) is 45.0 Å². The summed E-state index contributed by atoms with van der Waals surface area (Å²) < 4.78 is 7.08. The average molecular weight is 340 g/mol. The molecule has 0 aliphatic heterocycles. The van der Waals surface area contributed by atoms with Crippen molar-refractivity contribution in [2.24, 2.45) is 0 Å². The molecule has 4 aromatic rings. The first kappa shape index (κ1) is 15.1. The summed E-state index contributed by atoms with van der Waals surface area (Å²) in [5.41, 5.74) is 1.71. The lowest BCUT2D eigenvalue weighted by Crippen LogP contribution is -1.98. The van der Waals surface area contributed by atoms with Gasteiger partial charge in [0, 0.05) is 11.3 Å². The highest BCUT2D eigenvalue weighted by Gasteiger charge is 2.15. The van der Waals surface area contributed by atoms with Crippen LogP contribution in [0.1, 0.15) is 37.3 Å². The van der Waals surface area contributed by atoms with Crippen LogP contribution in [0.25, 0.3) is 16.6 Å². The third-order valence-corrected chi connectivity index (χ3v) is 4.49. The van der Waals surface area contributed by atoms with E-state index in [9.17, 15) is 0 Å². The van der Waals surface area contributed by atoms with E-state index in [0.29, 0.717) is 11.6 Å². The van der Waals surface area contributed by atoms with Crippen LogP contribution in [0.3, 0.4) is 0 Å². The number of nitrogens with zero attached hydrogens (tertiary/aromatic N) is 6. The van der Waals surface area contributed by atoms with Crippen molar-refractivity contribution in [3.63, 3.8) is 0 Å². The van der Waals surface area contributed by atoms with Crippen LogP contribution in [0.2, 0.25) is 0 Å². The number of thioether (sulfide) groups is 1. The van der Waals surface area contributed by atoms with Gasteiger partial charge in [0.05, 0.1) is 11.3 Å². The standard InChI is InChI=1S/C16H16N6OS/c1-9(2)14-19-13(23-21-14)8-24-16-18-12-7-5-4-6-11(12)15-17-10(3)20-22(15)16/h4-7,9H,8H2,1-3H3. The molecule has 0 saturated heterocycles. The van der Waals surface area contributed by atoms with Crippen molar-refractivity contribution < 1.29 is 4.52 Å². The van der Waals surface area contributed by atoms with Crippen molar-refractivity contribution in [2.45, 2.75) is 37.6 Å².